The molecule has 1 unspecified atom stereocenters. The van der Waals surface area contributed by atoms with E-state index in [1.165, 1.54) is 20.2 Å². The number of nitrogens with one attached hydrogen (secondary N) is 1. The molecule has 47 heavy (non-hydrogen) atoms. The number of ether oxygens (including phenoxy) is 4. The number of nitrogens with zero attached hydrogens (tertiary/aromatic N) is 4. The summed E-state index contributed by atoms with van der Waals surface area (Å²) in [5.74, 6) is 0.851. The number of benzene rings is 2. The van der Waals surface area contributed by atoms with Gasteiger partial charge in [-0.2, -0.15) is 5.26 Å². The van der Waals surface area contributed by atoms with Gasteiger partial charge in [-0.3, -0.25) is 19.4 Å². The molecule has 0 aliphatic carbocycles. The first-order valence-corrected chi connectivity index (χ1v) is 15.7. The standard InChI is InChI=1S/C34H34ClN5O7/c1-15-9-18-10-21-23(12-36)40-22(27(39(21)4)25(18)28(42)29(15)44-5)11-20-26(24(40)13-38-34(43)19-7-6-8-37-33(19)35)32-31(45-14-46-32)16(2)30(20)47-17(3)41/h6-9,21-24,27,42H,10-11,13-14H2,1-5H3,(H,38,43)/t21-,22?,23+,24+,27+/m1/s1. The molecule has 4 aliphatic rings. The van der Waals surface area contributed by atoms with Gasteiger partial charge in [-0.15, -0.1) is 0 Å². The highest BCUT2D eigenvalue weighted by molar-refractivity contribution is 6.32. The fraction of sp³-hybridized carbons (Fsp3) is 0.412. The van der Waals surface area contributed by atoms with Gasteiger partial charge < -0.3 is 29.4 Å². The van der Waals surface area contributed by atoms with E-state index in [1.54, 1.807) is 12.1 Å². The second-order valence-corrected chi connectivity index (χ2v) is 12.8. The van der Waals surface area contributed by atoms with E-state index in [-0.39, 0.29) is 41.9 Å². The number of aryl methyl sites for hydroxylation is 1. The monoisotopic (exact) mass is 659 g/mol. The number of esters is 1. The number of carbonyl (C=O) groups excluding carboxylic acids is 2. The van der Waals surface area contributed by atoms with E-state index in [4.69, 9.17) is 30.5 Å². The van der Waals surface area contributed by atoms with Crippen molar-refractivity contribution in [3.8, 4) is 34.8 Å². The van der Waals surface area contributed by atoms with Crippen LogP contribution in [-0.2, 0) is 17.6 Å². The summed E-state index contributed by atoms with van der Waals surface area (Å²) in [6.45, 7) is 5.08. The predicted octanol–water partition coefficient (Wildman–Crippen LogP) is 3.92. The van der Waals surface area contributed by atoms with E-state index in [0.717, 1.165) is 22.3 Å². The van der Waals surface area contributed by atoms with Crippen molar-refractivity contribution in [2.24, 2.45) is 0 Å². The Hall–Kier alpha value is -4.57. The van der Waals surface area contributed by atoms with Crippen LogP contribution in [0.15, 0.2) is 24.4 Å². The summed E-state index contributed by atoms with van der Waals surface area (Å²) in [6, 6.07) is 5.58. The Morgan fingerprint density at radius 3 is 2.66 bits per heavy atom. The van der Waals surface area contributed by atoms with E-state index >= 15 is 0 Å². The number of piperazine rings is 1. The largest absolute Gasteiger partial charge is 0.504 e. The molecule has 0 saturated carbocycles. The minimum atomic E-state index is -0.618. The minimum Gasteiger partial charge on any atom is -0.504 e. The molecule has 1 fully saturated rings. The molecule has 1 amide bonds. The molecule has 2 N–H and O–H groups in total. The molecule has 3 aromatic rings. The van der Waals surface area contributed by atoms with Gasteiger partial charge in [-0.05, 0) is 57.0 Å². The summed E-state index contributed by atoms with van der Waals surface area (Å²) in [6.07, 6.45) is 2.37. The lowest BCUT2D eigenvalue weighted by Gasteiger charge is -2.60. The number of rotatable bonds is 5. The van der Waals surface area contributed by atoms with Crippen LogP contribution >= 0.6 is 11.6 Å². The Labute approximate surface area is 276 Å². The van der Waals surface area contributed by atoms with Gasteiger partial charge in [0.05, 0.1) is 30.8 Å². The molecule has 244 valence electrons. The molecule has 4 aliphatic heterocycles. The molecule has 13 heteroatoms. The first-order chi connectivity index (χ1) is 22.6. The van der Waals surface area contributed by atoms with Gasteiger partial charge in [-0.25, -0.2) is 4.98 Å². The molecule has 0 spiro atoms. The second kappa shape index (κ2) is 11.6. The highest BCUT2D eigenvalue weighted by Crippen LogP contribution is 2.58. The molecule has 5 heterocycles. The SMILES string of the molecule is COc1c(C)cc2c(c1O)[C@@H]1C3Cc4c(OC(C)=O)c(C)c5c(c4[C@H](CNC(=O)c4cccnc4Cl)N3[C@@H](C#N)[C@@H](C2)N1C)OCO5. The zero-order valence-corrected chi connectivity index (χ0v) is 27.3. The van der Waals surface area contributed by atoms with Crippen LogP contribution in [0, 0.1) is 25.2 Å². The molecular weight excluding hydrogens is 626 g/mol. The number of hydrogen-bond donors (Lipinski definition) is 2. The fourth-order valence-electron chi connectivity index (χ4n) is 8.15. The van der Waals surface area contributed by atoms with Crippen LogP contribution in [0.5, 0.6) is 28.7 Å². The van der Waals surface area contributed by atoms with Crippen LogP contribution in [0.25, 0.3) is 0 Å². The second-order valence-electron chi connectivity index (χ2n) is 12.4. The normalized spacial score (nSPS) is 24.0. The number of aromatic hydroxyl groups is 1. The lowest BCUT2D eigenvalue weighted by Crippen LogP contribution is -2.68. The van der Waals surface area contributed by atoms with Crippen LogP contribution in [-0.4, -0.2) is 77.4 Å². The average Bonchev–Trinajstić information content (AvgIpc) is 3.53. The van der Waals surface area contributed by atoms with Crippen LogP contribution in [0.2, 0.25) is 5.15 Å². The smallest absolute Gasteiger partial charge is 0.308 e. The van der Waals surface area contributed by atoms with E-state index in [0.29, 0.717) is 47.0 Å². The zero-order valence-electron chi connectivity index (χ0n) is 26.6. The highest BCUT2D eigenvalue weighted by Gasteiger charge is 2.57. The van der Waals surface area contributed by atoms with Crippen molar-refractivity contribution in [1.29, 1.82) is 5.26 Å². The molecule has 12 nitrogen and oxygen atoms in total. The summed E-state index contributed by atoms with van der Waals surface area (Å²) in [5, 5.41) is 25.6. The lowest BCUT2D eigenvalue weighted by atomic mass is 9.71. The zero-order chi connectivity index (χ0) is 33.3. The first kappa shape index (κ1) is 31.1. The Balaban J connectivity index is 1.44. The number of hydrogen-bond acceptors (Lipinski definition) is 11. The number of pyridine rings is 1. The minimum absolute atomic E-state index is 0.0317. The summed E-state index contributed by atoms with van der Waals surface area (Å²) in [5.41, 5.74) is 4.73. The summed E-state index contributed by atoms with van der Waals surface area (Å²) in [4.78, 5) is 34.3. The van der Waals surface area contributed by atoms with Crippen LogP contribution in [0.4, 0.5) is 0 Å². The third-order valence-electron chi connectivity index (χ3n) is 9.97. The van der Waals surface area contributed by atoms with Crippen molar-refractivity contribution >= 4 is 23.5 Å². The molecule has 1 aromatic heterocycles. The molecular formula is C34H34ClN5O7. The Bertz CT molecular complexity index is 1880. The van der Waals surface area contributed by atoms with E-state index < -0.39 is 30.0 Å². The van der Waals surface area contributed by atoms with Gasteiger partial charge in [0, 0.05) is 54.0 Å². The van der Waals surface area contributed by atoms with Crippen molar-refractivity contribution in [2.45, 2.75) is 63.8 Å². The quantitative estimate of drug-likeness (QED) is 0.233. The number of phenols is 1. The van der Waals surface area contributed by atoms with Crippen LogP contribution in [0.3, 0.4) is 0 Å². The van der Waals surface area contributed by atoms with E-state index in [1.807, 2.05) is 27.0 Å². The Morgan fingerprint density at radius 2 is 1.96 bits per heavy atom. The van der Waals surface area contributed by atoms with Gasteiger partial charge in [0.25, 0.3) is 5.91 Å². The number of carbonyl (C=O) groups is 2. The number of fused-ring (bicyclic) bond motifs is 9. The fourth-order valence-corrected chi connectivity index (χ4v) is 8.36. The van der Waals surface area contributed by atoms with Gasteiger partial charge in [-0.1, -0.05) is 17.7 Å². The average molecular weight is 660 g/mol. The van der Waals surface area contributed by atoms with Gasteiger partial charge in [0.2, 0.25) is 6.79 Å². The van der Waals surface area contributed by atoms with Crippen molar-refractivity contribution in [3.05, 3.63) is 68.5 Å². The van der Waals surface area contributed by atoms with Crippen molar-refractivity contribution in [2.75, 3.05) is 27.5 Å². The summed E-state index contributed by atoms with van der Waals surface area (Å²) >= 11 is 6.27. The van der Waals surface area contributed by atoms with Gasteiger partial charge in [0.15, 0.2) is 23.0 Å². The predicted molar refractivity (Wildman–Crippen MR) is 169 cm³/mol. The first-order valence-electron chi connectivity index (χ1n) is 15.4. The maximum atomic E-state index is 13.5. The number of halogens is 1. The number of aromatic nitrogens is 1. The number of methoxy groups -OCH3 is 1. The topological polar surface area (TPSA) is 146 Å². The lowest BCUT2D eigenvalue weighted by molar-refractivity contribution is -0.132. The molecule has 7 rings (SSSR count). The number of likely N-dealkylation sites (N-methyl/N-ethyl adjacent to an activating group) is 1. The molecule has 1 saturated heterocycles. The number of nitriles is 1. The maximum absolute atomic E-state index is 13.5. The molecule has 5 atom stereocenters. The van der Waals surface area contributed by atoms with Gasteiger partial charge >= 0.3 is 5.97 Å². The van der Waals surface area contributed by atoms with Crippen LogP contribution in [0.1, 0.15) is 62.7 Å². The van der Waals surface area contributed by atoms with Crippen molar-refractivity contribution in [1.82, 2.24) is 20.1 Å². The third kappa shape index (κ3) is 4.67. The maximum Gasteiger partial charge on any atom is 0.308 e. The molecule has 0 radical (unpaired) electrons. The van der Waals surface area contributed by atoms with E-state index in [9.17, 15) is 20.0 Å². The van der Waals surface area contributed by atoms with Gasteiger partial charge in [0.1, 0.15) is 16.9 Å². The summed E-state index contributed by atoms with van der Waals surface area (Å²) < 4.78 is 23.5. The third-order valence-corrected chi connectivity index (χ3v) is 10.3. The van der Waals surface area contributed by atoms with Crippen LogP contribution < -0.4 is 24.3 Å². The Kier molecular flexibility index (Phi) is 7.66. The Morgan fingerprint density at radius 1 is 1.19 bits per heavy atom. The van der Waals surface area contributed by atoms with E-state index in [2.05, 4.69) is 26.2 Å². The molecule has 2 aromatic carbocycles. The summed E-state index contributed by atoms with van der Waals surface area (Å²) in [7, 11) is 3.50. The number of amides is 1. The highest BCUT2D eigenvalue weighted by atomic mass is 35.5. The van der Waals surface area contributed by atoms with Crippen molar-refractivity contribution < 1.29 is 33.6 Å². The number of phenolic OH excluding ortho intramolecular Hbond substituents is 1. The molecule has 2 bridgehead atoms. The van der Waals surface area contributed by atoms with Crippen molar-refractivity contribution in [3.63, 3.8) is 0 Å².